The molecule has 58 valence electrons. The van der Waals surface area contributed by atoms with Crippen molar-refractivity contribution in [1.82, 2.24) is 9.97 Å². The summed E-state index contributed by atoms with van der Waals surface area (Å²) in [6.45, 7) is 0. The average Bonchev–Trinajstić information content (AvgIpc) is 1.94. The third-order valence-corrected chi connectivity index (χ3v) is 1.03. The second-order valence-corrected chi connectivity index (χ2v) is 1.82. The van der Waals surface area contributed by atoms with E-state index in [4.69, 9.17) is 10.8 Å². The maximum Gasteiger partial charge on any atom is 0.372 e. The zero-order chi connectivity index (χ0) is 8.43. The van der Waals surface area contributed by atoms with Gasteiger partial charge in [-0.15, -0.1) is 0 Å². The maximum atomic E-state index is 10.7. The molecule has 1 aromatic heterocycles. The summed E-state index contributed by atoms with van der Waals surface area (Å²) in [5.41, 5.74) is 4.35. The number of carbonyl (C=O) groups is 1. The number of aromatic nitrogens is 2. The van der Waals surface area contributed by atoms with Crippen LogP contribution in [0.4, 0.5) is 5.69 Å². The molecule has 0 radical (unpaired) electrons. The maximum absolute atomic E-state index is 10.7. The van der Waals surface area contributed by atoms with Crippen LogP contribution in [0.3, 0.4) is 0 Å². The molecular formula is C5H5N3O3. The molecule has 6 heteroatoms. The predicted octanol–water partition coefficient (Wildman–Crippen LogP) is -0.950. The number of carboxylic acid groups (broad SMARTS) is 1. The van der Waals surface area contributed by atoms with Gasteiger partial charge in [-0.25, -0.2) is 9.78 Å². The Hall–Kier alpha value is -1.85. The molecule has 4 N–H and O–H groups in total. The van der Waals surface area contributed by atoms with Gasteiger partial charge in [-0.2, -0.15) is 0 Å². The smallest absolute Gasteiger partial charge is 0.372 e. The monoisotopic (exact) mass is 155 g/mol. The lowest BCUT2D eigenvalue weighted by Gasteiger charge is -1.92. The molecule has 0 aromatic carbocycles. The number of nitrogens with two attached hydrogens (primary N) is 1. The van der Waals surface area contributed by atoms with Crippen molar-refractivity contribution in [3.05, 3.63) is 22.4 Å². The molecular weight excluding hydrogens is 150 g/mol. The predicted molar refractivity (Wildman–Crippen MR) is 36.2 cm³/mol. The van der Waals surface area contributed by atoms with Gasteiger partial charge >= 0.3 is 5.97 Å². The first-order valence-corrected chi connectivity index (χ1v) is 2.69. The van der Waals surface area contributed by atoms with Crippen LogP contribution in [0, 0.1) is 0 Å². The second-order valence-electron chi connectivity index (χ2n) is 1.82. The molecule has 0 saturated heterocycles. The summed E-state index contributed by atoms with van der Waals surface area (Å²) in [4.78, 5) is 26.2. The minimum atomic E-state index is -1.29. The number of nitrogens with one attached hydrogen (secondary N) is 1. The van der Waals surface area contributed by atoms with E-state index in [1.165, 1.54) is 0 Å². The van der Waals surface area contributed by atoms with Crippen molar-refractivity contribution < 1.29 is 9.90 Å². The fraction of sp³-hybridized carbons (Fsp3) is 0. The quantitative estimate of drug-likeness (QED) is 0.484. The van der Waals surface area contributed by atoms with Gasteiger partial charge in [0, 0.05) is 0 Å². The van der Waals surface area contributed by atoms with E-state index in [0.29, 0.717) is 0 Å². The van der Waals surface area contributed by atoms with Crippen LogP contribution >= 0.6 is 0 Å². The van der Waals surface area contributed by atoms with Crippen LogP contribution in [-0.2, 0) is 0 Å². The number of anilines is 1. The van der Waals surface area contributed by atoms with E-state index in [-0.39, 0.29) is 5.69 Å². The van der Waals surface area contributed by atoms with Crippen LogP contribution in [-0.4, -0.2) is 21.0 Å². The number of hydrogen-bond donors (Lipinski definition) is 3. The number of nitrogens with zero attached hydrogens (tertiary/aromatic N) is 1. The highest BCUT2D eigenvalue weighted by atomic mass is 16.4. The minimum Gasteiger partial charge on any atom is -0.475 e. The van der Waals surface area contributed by atoms with Gasteiger partial charge in [0.05, 0.1) is 6.20 Å². The second kappa shape index (κ2) is 2.41. The Morgan fingerprint density at radius 1 is 1.73 bits per heavy atom. The molecule has 1 heterocycles. The van der Waals surface area contributed by atoms with Crippen molar-refractivity contribution in [2.75, 3.05) is 5.73 Å². The Balaban J connectivity index is 3.26. The summed E-state index contributed by atoms with van der Waals surface area (Å²) in [5.74, 6) is -1.70. The minimum absolute atomic E-state index is 0.102. The number of rotatable bonds is 1. The zero-order valence-electron chi connectivity index (χ0n) is 5.37. The fourth-order valence-corrected chi connectivity index (χ4v) is 0.513. The SMILES string of the molecule is Nc1cnc(C(=O)O)[nH]c1=O. The number of hydrogen-bond acceptors (Lipinski definition) is 4. The summed E-state index contributed by atoms with van der Waals surface area (Å²) in [5, 5.41) is 8.33. The van der Waals surface area contributed by atoms with Crippen LogP contribution < -0.4 is 11.3 Å². The number of carboxylic acids is 1. The van der Waals surface area contributed by atoms with Crippen molar-refractivity contribution >= 4 is 11.7 Å². The third-order valence-electron chi connectivity index (χ3n) is 1.03. The summed E-state index contributed by atoms with van der Waals surface area (Å²) in [6, 6.07) is 0. The van der Waals surface area contributed by atoms with Gasteiger partial charge in [0.1, 0.15) is 5.69 Å². The van der Waals surface area contributed by atoms with E-state index in [1.54, 1.807) is 0 Å². The van der Waals surface area contributed by atoms with E-state index in [1.807, 2.05) is 4.98 Å². The van der Waals surface area contributed by atoms with Crippen molar-refractivity contribution in [2.24, 2.45) is 0 Å². The summed E-state index contributed by atoms with van der Waals surface area (Å²) < 4.78 is 0. The van der Waals surface area contributed by atoms with Crippen molar-refractivity contribution in [1.29, 1.82) is 0 Å². The normalized spacial score (nSPS) is 9.45. The number of aromatic carboxylic acids is 1. The average molecular weight is 155 g/mol. The molecule has 6 nitrogen and oxygen atoms in total. The van der Waals surface area contributed by atoms with E-state index in [0.717, 1.165) is 6.20 Å². The lowest BCUT2D eigenvalue weighted by molar-refractivity contribution is 0.0683. The summed E-state index contributed by atoms with van der Waals surface area (Å²) >= 11 is 0. The van der Waals surface area contributed by atoms with Gasteiger partial charge in [-0.05, 0) is 0 Å². The van der Waals surface area contributed by atoms with Crippen LogP contribution in [0.25, 0.3) is 0 Å². The highest BCUT2D eigenvalue weighted by Gasteiger charge is 2.05. The van der Waals surface area contributed by atoms with Crippen LogP contribution in [0.5, 0.6) is 0 Å². The topological polar surface area (TPSA) is 109 Å². The van der Waals surface area contributed by atoms with Gasteiger partial charge in [0.2, 0.25) is 5.82 Å². The number of aromatic amines is 1. The van der Waals surface area contributed by atoms with Gasteiger partial charge in [-0.1, -0.05) is 0 Å². The lowest BCUT2D eigenvalue weighted by atomic mass is 10.5. The molecule has 0 fully saturated rings. The fourth-order valence-electron chi connectivity index (χ4n) is 0.513. The summed E-state index contributed by atoms with van der Waals surface area (Å²) in [6.07, 6.45) is 1.00. The van der Waals surface area contributed by atoms with Crippen LogP contribution in [0.1, 0.15) is 10.6 Å². The molecule has 0 aliphatic heterocycles. The Labute approximate surface area is 60.7 Å². The van der Waals surface area contributed by atoms with Crippen LogP contribution in [0.2, 0.25) is 0 Å². The van der Waals surface area contributed by atoms with Gasteiger partial charge in [0.25, 0.3) is 5.56 Å². The Morgan fingerprint density at radius 2 is 2.36 bits per heavy atom. The first kappa shape index (κ1) is 7.26. The first-order valence-electron chi connectivity index (χ1n) is 2.69. The number of H-pyrrole nitrogens is 1. The molecule has 0 saturated carbocycles. The van der Waals surface area contributed by atoms with Crippen molar-refractivity contribution in [3.8, 4) is 0 Å². The highest BCUT2D eigenvalue weighted by Crippen LogP contribution is 1.88. The Kier molecular flexibility index (Phi) is 1.59. The molecule has 0 bridgehead atoms. The van der Waals surface area contributed by atoms with E-state index in [2.05, 4.69) is 4.98 Å². The van der Waals surface area contributed by atoms with Gasteiger partial charge in [0.15, 0.2) is 0 Å². The molecule has 11 heavy (non-hydrogen) atoms. The van der Waals surface area contributed by atoms with E-state index >= 15 is 0 Å². The van der Waals surface area contributed by atoms with Crippen molar-refractivity contribution in [3.63, 3.8) is 0 Å². The van der Waals surface area contributed by atoms with Crippen LogP contribution in [0.15, 0.2) is 11.0 Å². The molecule has 1 aromatic rings. The van der Waals surface area contributed by atoms with E-state index < -0.39 is 17.4 Å². The molecule has 1 rings (SSSR count). The standard InChI is InChI=1S/C5H5N3O3/c6-2-1-7-3(5(10)11)8-4(2)9/h1H,6H2,(H,10,11)(H,7,8,9). The zero-order valence-corrected chi connectivity index (χ0v) is 5.37. The third kappa shape index (κ3) is 1.34. The van der Waals surface area contributed by atoms with Crippen molar-refractivity contribution in [2.45, 2.75) is 0 Å². The Morgan fingerprint density at radius 3 is 2.82 bits per heavy atom. The van der Waals surface area contributed by atoms with E-state index in [9.17, 15) is 9.59 Å². The number of nitrogen functional groups attached to an aromatic ring is 1. The largest absolute Gasteiger partial charge is 0.475 e. The van der Waals surface area contributed by atoms with Gasteiger partial charge < -0.3 is 10.8 Å². The Bertz CT molecular complexity index is 343. The molecule has 0 aliphatic rings. The summed E-state index contributed by atoms with van der Waals surface area (Å²) in [7, 11) is 0. The first-order chi connectivity index (χ1) is 5.11. The molecule has 0 amide bonds. The molecule has 0 atom stereocenters. The molecule has 0 unspecified atom stereocenters. The molecule has 0 aliphatic carbocycles. The highest BCUT2D eigenvalue weighted by molar-refractivity contribution is 5.83. The molecule has 0 spiro atoms. The van der Waals surface area contributed by atoms with Gasteiger partial charge in [-0.3, -0.25) is 9.78 Å². The lowest BCUT2D eigenvalue weighted by Crippen LogP contribution is -2.17.